The average Bonchev–Trinajstić information content (AvgIpc) is 3.34. The molecule has 68 heavy (non-hydrogen) atoms. The minimum Gasteiger partial charge on any atom is -0.352 e. The van der Waals surface area contributed by atoms with E-state index >= 15 is 0 Å². The van der Waals surface area contributed by atoms with E-state index in [2.05, 4.69) is 45.8 Å². The second-order valence-corrected chi connectivity index (χ2v) is 23.0. The van der Waals surface area contributed by atoms with Crippen LogP contribution in [0, 0.1) is 22.7 Å². The standard InChI is InChI=1S/C20H23NO2S2.C13H18N2O2S.C13H19NOS.C7H6OS/c1-15(18(22)21-14-16-10-6-4-7-11-16)20(2,3)25-24-19(23)17-12-8-5-9-13-17;1-10(13(2,3)18-15-17)12(16)14-9-11-7-5-4-6-8-11;1-10(13(2,3)16)12(15)14-9-11-7-5-4-6-8-11;8-7(9)6-4-2-1-3-5-6/h4-13,15H,14H2,1-3H3,(H,21,22);4-8,10H,9H2,1-3H3,(H,14,16);4-8,10,16H,9H2,1-3H3,(H,14,15);1-5H,(H,8,9). The van der Waals surface area contributed by atoms with Crippen molar-refractivity contribution in [3.8, 4) is 0 Å². The predicted octanol–water partition coefficient (Wildman–Crippen LogP) is 12.5. The summed E-state index contributed by atoms with van der Waals surface area (Å²) in [5, 5.41) is 8.59. The molecule has 364 valence electrons. The summed E-state index contributed by atoms with van der Waals surface area (Å²) >= 11 is 8.96. The number of hydrogen-bond donors (Lipinski definition) is 5. The van der Waals surface area contributed by atoms with Gasteiger partial charge >= 0.3 is 0 Å². The van der Waals surface area contributed by atoms with Crippen LogP contribution >= 0.6 is 58.8 Å². The molecule has 10 nitrogen and oxygen atoms in total. The fourth-order valence-corrected chi connectivity index (χ4v) is 8.45. The minimum atomic E-state index is -0.497. The molecule has 15 heteroatoms. The van der Waals surface area contributed by atoms with Gasteiger partial charge in [-0.3, -0.25) is 24.0 Å². The van der Waals surface area contributed by atoms with E-state index in [1.54, 1.807) is 31.2 Å². The zero-order chi connectivity index (χ0) is 50.8. The first-order chi connectivity index (χ1) is 32.1. The topological polar surface area (TPSA) is 151 Å². The predicted molar refractivity (Wildman–Crippen MR) is 293 cm³/mol. The molecule has 0 fully saturated rings. The fraction of sp³-hybridized carbons (Fsp3) is 0.340. The minimum absolute atomic E-state index is 0.00545. The van der Waals surface area contributed by atoms with Gasteiger partial charge in [-0.1, -0.05) is 197 Å². The zero-order valence-corrected chi connectivity index (χ0v) is 44.5. The van der Waals surface area contributed by atoms with Crippen LogP contribution in [0.2, 0.25) is 0 Å². The van der Waals surface area contributed by atoms with E-state index in [4.69, 9.17) is 0 Å². The summed E-state index contributed by atoms with van der Waals surface area (Å²) in [5.74, 6) is -0.654. The van der Waals surface area contributed by atoms with Gasteiger partial charge in [0.2, 0.25) is 28.0 Å². The summed E-state index contributed by atoms with van der Waals surface area (Å²) in [7, 11) is 2.64. The summed E-state index contributed by atoms with van der Waals surface area (Å²) < 4.78 is 1.66. The normalized spacial score (nSPS) is 12.3. The van der Waals surface area contributed by atoms with Crippen molar-refractivity contribution in [2.24, 2.45) is 22.3 Å². The first kappa shape index (κ1) is 59.3. The van der Waals surface area contributed by atoms with E-state index in [-0.39, 0.29) is 55.2 Å². The lowest BCUT2D eigenvalue weighted by Gasteiger charge is -2.29. The SMILES string of the molecule is CC(C(=O)NCc1ccccc1)C(C)(C)S.CC(C(=O)NCc1ccccc1)C(C)(C)SN=O.CC(C(=O)NCc1ccccc1)C(C)(C)SSC(=O)c1ccccc1.O=C(S)c1ccccc1. The summed E-state index contributed by atoms with van der Waals surface area (Å²) in [4.78, 5) is 69.3. The molecule has 3 atom stereocenters. The first-order valence-corrected chi connectivity index (χ1v) is 25.8. The molecular weight excluding hydrogens is 949 g/mol. The summed E-state index contributed by atoms with van der Waals surface area (Å²) in [5.41, 5.74) is 4.55. The molecule has 0 aliphatic carbocycles. The van der Waals surface area contributed by atoms with Crippen molar-refractivity contribution in [3.05, 3.63) is 184 Å². The van der Waals surface area contributed by atoms with Crippen molar-refractivity contribution in [2.45, 2.75) is 96.2 Å². The molecule has 0 aliphatic heterocycles. The third-order valence-electron chi connectivity index (χ3n) is 10.9. The number of thiol groups is 2. The van der Waals surface area contributed by atoms with Crippen molar-refractivity contribution < 1.29 is 24.0 Å². The molecule has 5 aromatic carbocycles. The Labute approximate surface area is 426 Å². The number of rotatable bonds is 18. The van der Waals surface area contributed by atoms with Crippen LogP contribution in [0.1, 0.15) is 99.7 Å². The molecule has 5 rings (SSSR count). The second kappa shape index (κ2) is 30.6. The third kappa shape index (κ3) is 23.0. The highest BCUT2D eigenvalue weighted by atomic mass is 33.1. The molecule has 0 saturated heterocycles. The second-order valence-electron chi connectivity index (χ2n) is 17.3. The van der Waals surface area contributed by atoms with Crippen LogP contribution in [0.25, 0.3) is 0 Å². The number of amides is 3. The molecule has 3 N–H and O–H groups in total. The molecule has 0 heterocycles. The maximum absolute atomic E-state index is 12.5. The van der Waals surface area contributed by atoms with Gasteiger partial charge in [0, 0.05) is 67.5 Å². The van der Waals surface area contributed by atoms with Gasteiger partial charge in [0.1, 0.15) is 0 Å². The quantitative estimate of drug-likeness (QED) is 0.0250. The van der Waals surface area contributed by atoms with Gasteiger partial charge in [-0.2, -0.15) is 12.6 Å². The van der Waals surface area contributed by atoms with Crippen molar-refractivity contribution in [2.75, 3.05) is 0 Å². The van der Waals surface area contributed by atoms with E-state index in [0.717, 1.165) is 28.6 Å². The molecule has 0 aliphatic rings. The van der Waals surface area contributed by atoms with Crippen molar-refractivity contribution in [1.29, 1.82) is 0 Å². The van der Waals surface area contributed by atoms with Crippen molar-refractivity contribution in [1.82, 2.24) is 16.0 Å². The van der Waals surface area contributed by atoms with Crippen LogP contribution in [0.4, 0.5) is 0 Å². The Bertz CT molecular complexity index is 2280. The molecule has 0 spiro atoms. The maximum Gasteiger partial charge on any atom is 0.229 e. The van der Waals surface area contributed by atoms with Gasteiger partial charge in [0.15, 0.2) is 0 Å². The summed E-state index contributed by atoms with van der Waals surface area (Å²) in [6, 6.07) is 47.6. The van der Waals surface area contributed by atoms with E-state index in [1.807, 2.05) is 183 Å². The molecule has 3 amide bonds. The van der Waals surface area contributed by atoms with Crippen LogP contribution in [0.3, 0.4) is 0 Å². The first-order valence-electron chi connectivity index (χ1n) is 22.0. The van der Waals surface area contributed by atoms with Crippen LogP contribution in [-0.4, -0.2) is 42.2 Å². The Balaban J connectivity index is 0.000000328. The number of benzene rings is 5. The molecule has 5 aromatic rings. The number of hydrogen-bond acceptors (Lipinski definition) is 11. The van der Waals surface area contributed by atoms with E-state index in [1.165, 1.54) is 21.6 Å². The number of nitrogens with one attached hydrogen (secondary N) is 3. The molecular formula is C53H66N4O6S5. The average molecular weight is 1020 g/mol. The Morgan fingerprint density at radius 3 is 1.12 bits per heavy atom. The summed E-state index contributed by atoms with van der Waals surface area (Å²) in [6.45, 7) is 18.8. The zero-order valence-electron chi connectivity index (χ0n) is 40.3. The van der Waals surface area contributed by atoms with Gasteiger partial charge in [-0.15, -0.1) is 17.5 Å². The number of nitroso groups, excluding NO2 is 1. The Morgan fingerprint density at radius 1 is 0.500 bits per heavy atom. The Hall–Kier alpha value is -4.80. The van der Waals surface area contributed by atoms with Gasteiger partial charge in [-0.05, 0) is 55.2 Å². The van der Waals surface area contributed by atoms with Crippen molar-refractivity contribution >= 4 is 86.7 Å². The third-order valence-corrected chi connectivity index (χ3v) is 15.7. The number of nitrogens with zero attached hydrogens (tertiary/aromatic N) is 1. The Kier molecular flexibility index (Phi) is 26.7. The number of carbonyl (C=O) groups is 5. The number of carbonyl (C=O) groups excluding carboxylic acids is 5. The van der Waals surface area contributed by atoms with Crippen LogP contribution in [0.5, 0.6) is 0 Å². The van der Waals surface area contributed by atoms with E-state index < -0.39 is 4.75 Å². The van der Waals surface area contributed by atoms with E-state index in [0.29, 0.717) is 30.8 Å². The molecule has 0 aromatic heterocycles. The largest absolute Gasteiger partial charge is 0.352 e. The van der Waals surface area contributed by atoms with E-state index in [9.17, 15) is 28.9 Å². The Morgan fingerprint density at radius 2 is 0.809 bits per heavy atom. The van der Waals surface area contributed by atoms with Gasteiger partial charge in [-0.25, -0.2) is 0 Å². The fourth-order valence-electron chi connectivity index (χ4n) is 5.36. The monoisotopic (exact) mass is 1010 g/mol. The lowest BCUT2D eigenvalue weighted by molar-refractivity contribution is -0.126. The lowest BCUT2D eigenvalue weighted by atomic mass is 9.96. The van der Waals surface area contributed by atoms with Crippen molar-refractivity contribution in [3.63, 3.8) is 0 Å². The van der Waals surface area contributed by atoms with Crippen LogP contribution in [-0.2, 0) is 34.0 Å². The highest BCUT2D eigenvalue weighted by molar-refractivity contribution is 8.82. The highest BCUT2D eigenvalue weighted by Crippen LogP contribution is 2.42. The molecule has 0 saturated carbocycles. The molecule has 0 radical (unpaired) electrons. The van der Waals surface area contributed by atoms with Crippen LogP contribution < -0.4 is 16.0 Å². The maximum atomic E-state index is 12.5. The van der Waals surface area contributed by atoms with Crippen LogP contribution in [0.15, 0.2) is 156 Å². The molecule has 0 bridgehead atoms. The molecule has 3 unspecified atom stereocenters. The van der Waals surface area contributed by atoms with Gasteiger partial charge < -0.3 is 16.0 Å². The smallest absolute Gasteiger partial charge is 0.229 e. The van der Waals surface area contributed by atoms with Gasteiger partial charge in [0.05, 0.1) is 11.8 Å². The lowest BCUT2D eigenvalue weighted by Crippen LogP contribution is -2.39. The summed E-state index contributed by atoms with van der Waals surface area (Å²) in [6.07, 6.45) is 0. The highest BCUT2D eigenvalue weighted by Gasteiger charge is 2.34. The van der Waals surface area contributed by atoms with Gasteiger partial charge in [0.25, 0.3) is 0 Å².